The van der Waals surface area contributed by atoms with Crippen molar-refractivity contribution in [3.8, 4) is 0 Å². The molecule has 0 aromatic carbocycles. The van der Waals surface area contributed by atoms with Crippen LogP contribution in [0.5, 0.6) is 0 Å². The number of likely N-dealkylation sites (tertiary alicyclic amines) is 1. The molecule has 2 fully saturated rings. The molecule has 0 radical (unpaired) electrons. The van der Waals surface area contributed by atoms with Crippen LogP contribution in [0.4, 0.5) is 0 Å². The predicted molar refractivity (Wildman–Crippen MR) is 73.4 cm³/mol. The Hall–Kier alpha value is -1.10. The Morgan fingerprint density at radius 1 is 1.26 bits per heavy atom. The predicted octanol–water partition coefficient (Wildman–Crippen LogP) is 0.633. The van der Waals surface area contributed by atoms with Gasteiger partial charge in [-0.3, -0.25) is 9.59 Å². The summed E-state index contributed by atoms with van der Waals surface area (Å²) in [7, 11) is 0. The number of rotatable bonds is 5. The van der Waals surface area contributed by atoms with Crippen LogP contribution >= 0.6 is 0 Å². The van der Waals surface area contributed by atoms with E-state index in [0.717, 1.165) is 38.8 Å². The lowest BCUT2D eigenvalue weighted by Gasteiger charge is -2.27. The number of carbonyl (C=O) groups excluding carboxylic acids is 2. The van der Waals surface area contributed by atoms with Crippen LogP contribution in [-0.4, -0.2) is 41.9 Å². The van der Waals surface area contributed by atoms with Gasteiger partial charge in [0.25, 0.3) is 0 Å². The summed E-state index contributed by atoms with van der Waals surface area (Å²) < 4.78 is 0. The van der Waals surface area contributed by atoms with Gasteiger partial charge in [0.15, 0.2) is 0 Å². The SMILES string of the molecule is CC(N)(C(=O)NCCC(=O)N1CCCCC1)C1CC1. The number of nitrogens with two attached hydrogens (primary N) is 1. The third-order valence-corrected chi connectivity index (χ3v) is 4.25. The number of amides is 2. The van der Waals surface area contributed by atoms with Crippen LogP contribution in [0, 0.1) is 5.92 Å². The van der Waals surface area contributed by atoms with Crippen LogP contribution in [0.1, 0.15) is 45.4 Å². The van der Waals surface area contributed by atoms with Gasteiger partial charge in [0.2, 0.25) is 11.8 Å². The van der Waals surface area contributed by atoms with Crippen molar-refractivity contribution in [3.63, 3.8) is 0 Å². The molecule has 0 bridgehead atoms. The van der Waals surface area contributed by atoms with Gasteiger partial charge in [-0.15, -0.1) is 0 Å². The number of nitrogens with one attached hydrogen (secondary N) is 1. The van der Waals surface area contributed by atoms with Crippen molar-refractivity contribution in [3.05, 3.63) is 0 Å². The van der Waals surface area contributed by atoms with Gasteiger partial charge in [0.05, 0.1) is 5.54 Å². The zero-order chi connectivity index (χ0) is 13.9. The van der Waals surface area contributed by atoms with E-state index in [1.165, 1.54) is 6.42 Å². The number of carbonyl (C=O) groups is 2. The fraction of sp³-hybridized carbons (Fsp3) is 0.857. The third kappa shape index (κ3) is 3.69. The summed E-state index contributed by atoms with van der Waals surface area (Å²) in [5.41, 5.74) is 5.25. The van der Waals surface area contributed by atoms with E-state index < -0.39 is 5.54 Å². The van der Waals surface area contributed by atoms with E-state index in [4.69, 9.17) is 5.73 Å². The first-order valence-electron chi connectivity index (χ1n) is 7.37. The first kappa shape index (κ1) is 14.3. The van der Waals surface area contributed by atoms with Gasteiger partial charge in [0, 0.05) is 26.1 Å². The molecule has 5 heteroatoms. The molecule has 0 aromatic rings. The van der Waals surface area contributed by atoms with Gasteiger partial charge < -0.3 is 16.0 Å². The molecular formula is C14H25N3O2. The maximum Gasteiger partial charge on any atom is 0.240 e. The fourth-order valence-electron chi connectivity index (χ4n) is 2.64. The molecule has 0 aromatic heterocycles. The summed E-state index contributed by atoms with van der Waals surface area (Å²) in [6, 6.07) is 0. The number of hydrogen-bond donors (Lipinski definition) is 2. The lowest BCUT2D eigenvalue weighted by molar-refractivity contribution is -0.132. The van der Waals surface area contributed by atoms with Gasteiger partial charge in [-0.2, -0.15) is 0 Å². The van der Waals surface area contributed by atoms with E-state index in [1.807, 2.05) is 4.90 Å². The Labute approximate surface area is 114 Å². The minimum absolute atomic E-state index is 0.124. The lowest BCUT2D eigenvalue weighted by Crippen LogP contribution is -2.53. The van der Waals surface area contributed by atoms with Crippen LogP contribution < -0.4 is 11.1 Å². The first-order chi connectivity index (χ1) is 9.01. The Morgan fingerprint density at radius 2 is 1.89 bits per heavy atom. The molecule has 3 N–H and O–H groups in total. The van der Waals surface area contributed by atoms with E-state index in [0.29, 0.717) is 18.9 Å². The van der Waals surface area contributed by atoms with Gasteiger partial charge >= 0.3 is 0 Å². The van der Waals surface area contributed by atoms with Crippen molar-refractivity contribution in [2.24, 2.45) is 11.7 Å². The molecule has 19 heavy (non-hydrogen) atoms. The number of nitrogens with zero attached hydrogens (tertiary/aromatic N) is 1. The molecule has 2 amide bonds. The smallest absolute Gasteiger partial charge is 0.240 e. The molecule has 1 heterocycles. The first-order valence-corrected chi connectivity index (χ1v) is 7.37. The Balaban J connectivity index is 1.68. The highest BCUT2D eigenvalue weighted by atomic mass is 16.2. The number of hydrogen-bond acceptors (Lipinski definition) is 3. The van der Waals surface area contributed by atoms with Crippen molar-refractivity contribution < 1.29 is 9.59 Å². The molecule has 1 aliphatic carbocycles. The molecule has 5 nitrogen and oxygen atoms in total. The van der Waals surface area contributed by atoms with Crippen molar-refractivity contribution in [1.29, 1.82) is 0 Å². The van der Waals surface area contributed by atoms with E-state index >= 15 is 0 Å². The summed E-state index contributed by atoms with van der Waals surface area (Å²) in [6.45, 7) is 3.91. The summed E-state index contributed by atoms with van der Waals surface area (Å²) in [5, 5.41) is 2.80. The maximum absolute atomic E-state index is 11.9. The maximum atomic E-state index is 11.9. The normalized spacial score (nSPS) is 22.7. The van der Waals surface area contributed by atoms with Gasteiger partial charge in [0.1, 0.15) is 0 Å². The topological polar surface area (TPSA) is 75.4 Å². The molecule has 2 rings (SSSR count). The van der Waals surface area contributed by atoms with Crippen molar-refractivity contribution in [2.75, 3.05) is 19.6 Å². The molecule has 1 aliphatic heterocycles. The highest BCUT2D eigenvalue weighted by Crippen LogP contribution is 2.38. The third-order valence-electron chi connectivity index (χ3n) is 4.25. The summed E-state index contributed by atoms with van der Waals surface area (Å²) >= 11 is 0. The average molecular weight is 267 g/mol. The second kappa shape index (κ2) is 5.90. The molecule has 1 saturated carbocycles. The fourth-order valence-corrected chi connectivity index (χ4v) is 2.64. The number of piperidine rings is 1. The van der Waals surface area contributed by atoms with Crippen molar-refractivity contribution in [1.82, 2.24) is 10.2 Å². The van der Waals surface area contributed by atoms with E-state index in [2.05, 4.69) is 5.32 Å². The standard InChI is InChI=1S/C14H25N3O2/c1-14(15,11-5-6-11)13(19)16-8-7-12(18)17-9-3-2-4-10-17/h11H,2-10,15H2,1H3,(H,16,19). The zero-order valence-electron chi connectivity index (χ0n) is 11.8. The quantitative estimate of drug-likeness (QED) is 0.767. The second-order valence-corrected chi connectivity index (χ2v) is 6.00. The Bertz CT molecular complexity index is 345. The molecule has 1 unspecified atom stereocenters. The largest absolute Gasteiger partial charge is 0.354 e. The highest BCUT2D eigenvalue weighted by Gasteiger charge is 2.43. The summed E-state index contributed by atoms with van der Waals surface area (Å²) in [4.78, 5) is 25.8. The molecule has 1 saturated heterocycles. The minimum Gasteiger partial charge on any atom is -0.354 e. The molecule has 2 aliphatic rings. The van der Waals surface area contributed by atoms with E-state index in [1.54, 1.807) is 6.92 Å². The molecule has 0 spiro atoms. The highest BCUT2D eigenvalue weighted by molar-refractivity contribution is 5.87. The second-order valence-electron chi connectivity index (χ2n) is 6.00. The van der Waals surface area contributed by atoms with E-state index in [9.17, 15) is 9.59 Å². The van der Waals surface area contributed by atoms with Crippen LogP contribution in [0.2, 0.25) is 0 Å². The van der Waals surface area contributed by atoms with Crippen LogP contribution in [0.25, 0.3) is 0 Å². The lowest BCUT2D eigenvalue weighted by atomic mass is 9.96. The Morgan fingerprint density at radius 3 is 2.47 bits per heavy atom. The molecular weight excluding hydrogens is 242 g/mol. The summed E-state index contributed by atoms with van der Waals surface area (Å²) in [6.07, 6.45) is 5.86. The van der Waals surface area contributed by atoms with Crippen molar-refractivity contribution in [2.45, 2.75) is 51.0 Å². The monoisotopic (exact) mass is 267 g/mol. The molecule has 108 valence electrons. The zero-order valence-corrected chi connectivity index (χ0v) is 11.8. The van der Waals surface area contributed by atoms with Crippen LogP contribution in [0.15, 0.2) is 0 Å². The van der Waals surface area contributed by atoms with Gasteiger partial charge in [-0.1, -0.05) is 0 Å². The van der Waals surface area contributed by atoms with Gasteiger partial charge in [-0.05, 0) is 44.9 Å². The molecule has 1 atom stereocenters. The minimum atomic E-state index is -0.770. The average Bonchev–Trinajstić information content (AvgIpc) is 3.24. The van der Waals surface area contributed by atoms with Crippen LogP contribution in [0.3, 0.4) is 0 Å². The Kier molecular flexibility index (Phi) is 4.45. The summed E-state index contributed by atoms with van der Waals surface area (Å²) in [5.74, 6) is 0.330. The van der Waals surface area contributed by atoms with Gasteiger partial charge in [-0.25, -0.2) is 0 Å². The van der Waals surface area contributed by atoms with E-state index in [-0.39, 0.29) is 11.8 Å². The van der Waals surface area contributed by atoms with Crippen molar-refractivity contribution >= 4 is 11.8 Å². The van der Waals surface area contributed by atoms with Crippen LogP contribution in [-0.2, 0) is 9.59 Å².